The molecule has 0 aliphatic carbocycles. The first kappa shape index (κ1) is 22.4. The van der Waals surface area contributed by atoms with Crippen LogP contribution in [-0.4, -0.2) is 63.3 Å². The zero-order valence-corrected chi connectivity index (χ0v) is 17.8. The average Bonchev–Trinajstić information content (AvgIpc) is 2.78. The number of ether oxygens (including phenoxy) is 1. The summed E-state index contributed by atoms with van der Waals surface area (Å²) in [6, 6.07) is 8.39. The molecule has 0 radical (unpaired) electrons. The van der Waals surface area contributed by atoms with Crippen LogP contribution in [0.2, 0.25) is 0 Å². The maximum Gasteiger partial charge on any atom is 0.416 e. The van der Waals surface area contributed by atoms with Gasteiger partial charge >= 0.3 is 6.18 Å². The second-order valence-electron chi connectivity index (χ2n) is 8.06. The number of carbonyl (C=O) groups excluding carboxylic acids is 1. The number of alkyl halides is 3. The fourth-order valence-corrected chi connectivity index (χ4v) is 4.16. The van der Waals surface area contributed by atoms with E-state index in [0.29, 0.717) is 64.1 Å². The van der Waals surface area contributed by atoms with Crippen molar-refractivity contribution in [2.75, 3.05) is 62.3 Å². The topological polar surface area (TPSA) is 36.0 Å². The van der Waals surface area contributed by atoms with Gasteiger partial charge < -0.3 is 19.4 Å². The van der Waals surface area contributed by atoms with E-state index in [1.54, 1.807) is 9.80 Å². The molecule has 0 aromatic heterocycles. The second kappa shape index (κ2) is 8.97. The first-order chi connectivity index (χ1) is 15.2. The first-order valence-corrected chi connectivity index (χ1v) is 10.6. The Morgan fingerprint density at radius 3 is 2.12 bits per heavy atom. The number of hydrogen-bond donors (Lipinski definition) is 0. The Morgan fingerprint density at radius 1 is 0.875 bits per heavy atom. The van der Waals surface area contributed by atoms with E-state index in [1.165, 1.54) is 0 Å². The molecule has 0 spiro atoms. The second-order valence-corrected chi connectivity index (χ2v) is 8.06. The van der Waals surface area contributed by atoms with Crippen molar-refractivity contribution in [3.05, 3.63) is 58.9 Å². The van der Waals surface area contributed by atoms with E-state index in [-0.39, 0.29) is 11.6 Å². The number of piperazine rings is 1. The fraction of sp³-hybridized carbons (Fsp3) is 0.435. The van der Waals surface area contributed by atoms with E-state index in [2.05, 4.69) is 4.90 Å². The smallest absolute Gasteiger partial charge is 0.378 e. The summed E-state index contributed by atoms with van der Waals surface area (Å²) in [6.07, 6.45) is -4.59. The zero-order valence-electron chi connectivity index (χ0n) is 17.8. The van der Waals surface area contributed by atoms with Crippen molar-refractivity contribution in [3.8, 4) is 0 Å². The third kappa shape index (κ3) is 4.67. The number of hydrogen-bond acceptors (Lipinski definition) is 4. The Balaban J connectivity index is 1.47. The van der Waals surface area contributed by atoms with Gasteiger partial charge in [-0.3, -0.25) is 4.79 Å². The molecule has 32 heavy (non-hydrogen) atoms. The monoisotopic (exact) mass is 451 g/mol. The number of nitrogens with zero attached hydrogens (tertiary/aromatic N) is 3. The van der Waals surface area contributed by atoms with Crippen LogP contribution in [0.25, 0.3) is 0 Å². The number of rotatable bonds is 3. The molecule has 0 N–H and O–H groups in total. The minimum Gasteiger partial charge on any atom is -0.378 e. The van der Waals surface area contributed by atoms with E-state index in [1.807, 2.05) is 25.1 Å². The molecule has 0 unspecified atom stereocenters. The molecule has 9 heteroatoms. The standard InChI is InChI=1S/C23H25F4N3O2/c1-16-2-4-20(29-10-12-32-13-11-29)18(14-16)22(31)30-8-6-28(7-9-30)21-5-3-17(15-19(21)24)23(25,26)27/h2-5,14-15H,6-13H2,1H3. The molecule has 0 atom stereocenters. The molecular formula is C23H25F4N3O2. The summed E-state index contributed by atoms with van der Waals surface area (Å²) >= 11 is 0. The van der Waals surface area contributed by atoms with Gasteiger partial charge in [-0.05, 0) is 37.3 Å². The number of aryl methyl sites for hydroxylation is 1. The van der Waals surface area contributed by atoms with Crippen LogP contribution in [0.5, 0.6) is 0 Å². The van der Waals surface area contributed by atoms with Crippen molar-refractivity contribution in [1.82, 2.24) is 4.90 Å². The number of benzene rings is 2. The molecule has 2 aromatic carbocycles. The van der Waals surface area contributed by atoms with Gasteiger partial charge in [-0.2, -0.15) is 13.2 Å². The summed E-state index contributed by atoms with van der Waals surface area (Å²) < 4.78 is 58.2. The number of anilines is 2. The highest BCUT2D eigenvalue weighted by Crippen LogP contribution is 2.33. The van der Waals surface area contributed by atoms with Crippen LogP contribution in [0.15, 0.2) is 36.4 Å². The summed E-state index contributed by atoms with van der Waals surface area (Å²) in [4.78, 5) is 18.9. The molecule has 172 valence electrons. The highest BCUT2D eigenvalue weighted by atomic mass is 19.4. The molecule has 0 bridgehead atoms. The van der Waals surface area contributed by atoms with Gasteiger partial charge in [-0.1, -0.05) is 11.6 Å². The number of carbonyl (C=O) groups is 1. The third-order valence-electron chi connectivity index (χ3n) is 5.92. The molecule has 2 aliphatic heterocycles. The maximum atomic E-state index is 14.4. The summed E-state index contributed by atoms with van der Waals surface area (Å²) in [5.74, 6) is -1.00. The predicted molar refractivity (Wildman–Crippen MR) is 114 cm³/mol. The van der Waals surface area contributed by atoms with E-state index in [0.717, 1.165) is 23.4 Å². The van der Waals surface area contributed by atoms with Crippen molar-refractivity contribution < 1.29 is 27.1 Å². The minimum absolute atomic E-state index is 0.0947. The lowest BCUT2D eigenvalue weighted by Crippen LogP contribution is -2.49. The van der Waals surface area contributed by atoms with Gasteiger partial charge in [0.1, 0.15) is 5.82 Å². The van der Waals surface area contributed by atoms with Gasteiger partial charge in [0.05, 0.1) is 30.0 Å². The largest absolute Gasteiger partial charge is 0.416 e. The van der Waals surface area contributed by atoms with Crippen LogP contribution < -0.4 is 9.80 Å². The molecule has 0 saturated carbocycles. The van der Waals surface area contributed by atoms with Crippen LogP contribution in [0, 0.1) is 12.7 Å². The van der Waals surface area contributed by atoms with Crippen molar-refractivity contribution in [2.24, 2.45) is 0 Å². The molecular weight excluding hydrogens is 426 g/mol. The van der Waals surface area contributed by atoms with Crippen molar-refractivity contribution >= 4 is 17.3 Å². The molecule has 2 aliphatic rings. The normalized spacial score (nSPS) is 17.6. The van der Waals surface area contributed by atoms with E-state index >= 15 is 0 Å². The molecule has 4 rings (SSSR count). The Morgan fingerprint density at radius 2 is 1.50 bits per heavy atom. The Bertz CT molecular complexity index is 982. The summed E-state index contributed by atoms with van der Waals surface area (Å²) in [7, 11) is 0. The average molecular weight is 451 g/mol. The van der Waals surface area contributed by atoms with Gasteiger partial charge in [0.25, 0.3) is 5.91 Å². The van der Waals surface area contributed by atoms with E-state index in [4.69, 9.17) is 4.74 Å². The van der Waals surface area contributed by atoms with Crippen molar-refractivity contribution in [1.29, 1.82) is 0 Å². The van der Waals surface area contributed by atoms with Crippen LogP contribution in [0.4, 0.5) is 28.9 Å². The number of amides is 1. The summed E-state index contributed by atoms with van der Waals surface area (Å²) in [6.45, 7) is 5.97. The Labute approximate surface area is 184 Å². The third-order valence-corrected chi connectivity index (χ3v) is 5.92. The maximum absolute atomic E-state index is 14.4. The van der Waals surface area contributed by atoms with Gasteiger partial charge in [0.2, 0.25) is 0 Å². The molecule has 2 heterocycles. The van der Waals surface area contributed by atoms with E-state index < -0.39 is 17.6 Å². The zero-order chi connectivity index (χ0) is 22.9. The number of halogens is 4. The predicted octanol–water partition coefficient (Wildman–Crippen LogP) is 3.95. The SMILES string of the molecule is Cc1ccc(N2CCOCC2)c(C(=O)N2CCN(c3ccc(C(F)(F)F)cc3F)CC2)c1. The molecule has 2 aromatic rings. The number of morpholine rings is 1. The van der Waals surface area contributed by atoms with Crippen LogP contribution >= 0.6 is 0 Å². The summed E-state index contributed by atoms with van der Waals surface area (Å²) in [5, 5.41) is 0. The van der Waals surface area contributed by atoms with Crippen molar-refractivity contribution in [2.45, 2.75) is 13.1 Å². The lowest BCUT2D eigenvalue weighted by molar-refractivity contribution is -0.137. The van der Waals surface area contributed by atoms with Crippen molar-refractivity contribution in [3.63, 3.8) is 0 Å². The van der Waals surface area contributed by atoms with Gasteiger partial charge in [-0.15, -0.1) is 0 Å². The van der Waals surface area contributed by atoms with Crippen LogP contribution in [-0.2, 0) is 10.9 Å². The first-order valence-electron chi connectivity index (χ1n) is 10.6. The van der Waals surface area contributed by atoms with E-state index in [9.17, 15) is 22.4 Å². The quantitative estimate of drug-likeness (QED) is 0.663. The minimum atomic E-state index is -4.59. The highest BCUT2D eigenvalue weighted by molar-refractivity contribution is 6.00. The Kier molecular flexibility index (Phi) is 6.28. The lowest BCUT2D eigenvalue weighted by Gasteiger charge is -2.37. The molecule has 5 nitrogen and oxygen atoms in total. The van der Waals surface area contributed by atoms with Gasteiger partial charge in [0, 0.05) is 45.0 Å². The fourth-order valence-electron chi connectivity index (χ4n) is 4.16. The highest BCUT2D eigenvalue weighted by Gasteiger charge is 2.32. The molecule has 2 saturated heterocycles. The summed E-state index contributed by atoms with van der Waals surface area (Å²) in [5.41, 5.74) is 1.59. The van der Waals surface area contributed by atoms with Crippen LogP contribution in [0.1, 0.15) is 21.5 Å². The van der Waals surface area contributed by atoms with Crippen LogP contribution in [0.3, 0.4) is 0 Å². The molecule has 1 amide bonds. The van der Waals surface area contributed by atoms with Gasteiger partial charge in [-0.25, -0.2) is 4.39 Å². The lowest BCUT2D eigenvalue weighted by atomic mass is 10.1. The van der Waals surface area contributed by atoms with Gasteiger partial charge in [0.15, 0.2) is 0 Å². The molecule has 2 fully saturated rings. The Hall–Kier alpha value is -2.81.